The van der Waals surface area contributed by atoms with Crippen LogP contribution in [0.5, 0.6) is 0 Å². The monoisotopic (exact) mass is 328 g/mol. The topological polar surface area (TPSA) is 9.23 Å². The first-order chi connectivity index (χ1) is 9.52. The summed E-state index contributed by atoms with van der Waals surface area (Å²) in [6, 6.07) is 11.5. The summed E-state index contributed by atoms with van der Waals surface area (Å²) in [5.74, 6) is -0.0159. The second kappa shape index (κ2) is 6.82. The van der Waals surface area contributed by atoms with Crippen molar-refractivity contribution in [1.29, 1.82) is 0 Å². The minimum absolute atomic E-state index is 0.0159. The summed E-state index contributed by atoms with van der Waals surface area (Å²) in [7, 11) is 1.67. The molecule has 1 unspecified atom stereocenters. The van der Waals surface area contributed by atoms with Gasteiger partial charge in [-0.25, -0.2) is 0 Å². The third-order valence-electron chi connectivity index (χ3n) is 3.18. The maximum atomic E-state index is 6.38. The highest BCUT2D eigenvalue weighted by Crippen LogP contribution is 2.37. The number of benzene rings is 2. The second-order valence-electron chi connectivity index (χ2n) is 4.70. The standard InChI is InChI=1S/C16H15Cl3O/c1-10-7-14(18)16(15(19)8-10)13(9-20-2)11-3-5-12(17)6-4-11/h3-8,13H,9H2,1-2H3. The lowest BCUT2D eigenvalue weighted by molar-refractivity contribution is 0.189. The van der Waals surface area contributed by atoms with Crippen LogP contribution in [0, 0.1) is 6.92 Å². The highest BCUT2D eigenvalue weighted by molar-refractivity contribution is 6.36. The summed E-state index contributed by atoms with van der Waals surface area (Å²) in [5, 5.41) is 2.02. The molecule has 0 N–H and O–H groups in total. The molecular formula is C16H15Cl3O. The van der Waals surface area contributed by atoms with Crippen LogP contribution < -0.4 is 0 Å². The van der Waals surface area contributed by atoms with Crippen LogP contribution in [-0.4, -0.2) is 13.7 Å². The quantitative estimate of drug-likeness (QED) is 0.695. The fourth-order valence-electron chi connectivity index (χ4n) is 2.25. The molecule has 0 aliphatic rings. The number of ether oxygens (including phenoxy) is 1. The molecule has 106 valence electrons. The van der Waals surface area contributed by atoms with E-state index >= 15 is 0 Å². The molecule has 0 spiro atoms. The predicted molar refractivity (Wildman–Crippen MR) is 86.4 cm³/mol. The van der Waals surface area contributed by atoms with Crippen molar-refractivity contribution < 1.29 is 4.74 Å². The molecule has 0 saturated carbocycles. The molecule has 1 nitrogen and oxygen atoms in total. The van der Waals surface area contributed by atoms with E-state index in [1.54, 1.807) is 7.11 Å². The Bertz CT molecular complexity index is 570. The smallest absolute Gasteiger partial charge is 0.0572 e. The summed E-state index contributed by atoms with van der Waals surface area (Å²) in [6.07, 6.45) is 0. The molecule has 20 heavy (non-hydrogen) atoms. The summed E-state index contributed by atoms with van der Waals surface area (Å²) in [6.45, 7) is 2.47. The minimum atomic E-state index is -0.0159. The Labute approximate surface area is 134 Å². The lowest BCUT2D eigenvalue weighted by atomic mass is 9.91. The van der Waals surface area contributed by atoms with Crippen LogP contribution in [0.3, 0.4) is 0 Å². The highest BCUT2D eigenvalue weighted by Gasteiger charge is 2.20. The Morgan fingerprint density at radius 3 is 2.05 bits per heavy atom. The second-order valence-corrected chi connectivity index (χ2v) is 5.95. The van der Waals surface area contributed by atoms with E-state index in [1.165, 1.54) is 0 Å². The average Bonchev–Trinajstić information content (AvgIpc) is 2.37. The Morgan fingerprint density at radius 1 is 1.00 bits per heavy atom. The summed E-state index contributed by atoms with van der Waals surface area (Å²) < 4.78 is 5.33. The van der Waals surface area contributed by atoms with Crippen molar-refractivity contribution in [2.24, 2.45) is 0 Å². The number of methoxy groups -OCH3 is 1. The summed E-state index contributed by atoms with van der Waals surface area (Å²) >= 11 is 18.7. The van der Waals surface area contributed by atoms with Gasteiger partial charge >= 0.3 is 0 Å². The van der Waals surface area contributed by atoms with Crippen molar-refractivity contribution in [2.75, 3.05) is 13.7 Å². The van der Waals surface area contributed by atoms with Crippen LogP contribution in [0.4, 0.5) is 0 Å². The van der Waals surface area contributed by atoms with Gasteiger partial charge in [-0.2, -0.15) is 0 Å². The van der Waals surface area contributed by atoms with Crippen molar-refractivity contribution in [3.63, 3.8) is 0 Å². The van der Waals surface area contributed by atoms with Gasteiger partial charge in [0, 0.05) is 28.1 Å². The van der Waals surface area contributed by atoms with Crippen LogP contribution in [0.1, 0.15) is 22.6 Å². The Morgan fingerprint density at radius 2 is 1.55 bits per heavy atom. The number of rotatable bonds is 4. The summed E-state index contributed by atoms with van der Waals surface area (Å²) in [4.78, 5) is 0. The van der Waals surface area contributed by atoms with E-state index in [0.29, 0.717) is 21.7 Å². The van der Waals surface area contributed by atoms with Gasteiger partial charge in [-0.05, 0) is 47.9 Å². The maximum absolute atomic E-state index is 6.38. The molecule has 0 saturated heterocycles. The molecule has 0 bridgehead atoms. The highest BCUT2D eigenvalue weighted by atomic mass is 35.5. The van der Waals surface area contributed by atoms with Crippen LogP contribution in [-0.2, 0) is 4.74 Å². The first-order valence-electron chi connectivity index (χ1n) is 6.23. The van der Waals surface area contributed by atoms with Gasteiger partial charge in [0.15, 0.2) is 0 Å². The zero-order valence-corrected chi connectivity index (χ0v) is 13.6. The van der Waals surface area contributed by atoms with E-state index in [4.69, 9.17) is 39.5 Å². The Hall–Kier alpha value is -0.730. The van der Waals surface area contributed by atoms with Crippen LogP contribution in [0.25, 0.3) is 0 Å². The largest absolute Gasteiger partial charge is 0.384 e. The first-order valence-corrected chi connectivity index (χ1v) is 7.36. The van der Waals surface area contributed by atoms with E-state index in [9.17, 15) is 0 Å². The molecule has 2 rings (SSSR count). The average molecular weight is 330 g/mol. The molecule has 1 atom stereocenters. The zero-order valence-electron chi connectivity index (χ0n) is 11.3. The van der Waals surface area contributed by atoms with Gasteiger partial charge in [-0.1, -0.05) is 46.9 Å². The number of hydrogen-bond donors (Lipinski definition) is 0. The van der Waals surface area contributed by atoms with Gasteiger partial charge in [0.25, 0.3) is 0 Å². The van der Waals surface area contributed by atoms with Gasteiger partial charge in [0.1, 0.15) is 0 Å². The Kier molecular flexibility index (Phi) is 5.34. The zero-order chi connectivity index (χ0) is 14.7. The third-order valence-corrected chi connectivity index (χ3v) is 4.05. The molecule has 0 amide bonds. The number of aryl methyl sites for hydroxylation is 1. The minimum Gasteiger partial charge on any atom is -0.384 e. The number of hydrogen-bond acceptors (Lipinski definition) is 1. The molecule has 0 aromatic heterocycles. The van der Waals surface area contributed by atoms with Gasteiger partial charge in [0.05, 0.1) is 6.61 Å². The van der Waals surface area contributed by atoms with Gasteiger partial charge in [-0.3, -0.25) is 0 Å². The van der Waals surface area contributed by atoms with Gasteiger partial charge in [0.2, 0.25) is 0 Å². The van der Waals surface area contributed by atoms with Gasteiger partial charge in [-0.15, -0.1) is 0 Å². The van der Waals surface area contributed by atoms with Crippen molar-refractivity contribution in [1.82, 2.24) is 0 Å². The first kappa shape index (κ1) is 15.7. The van der Waals surface area contributed by atoms with E-state index in [2.05, 4.69) is 0 Å². The molecule has 0 fully saturated rings. The van der Waals surface area contributed by atoms with E-state index in [-0.39, 0.29) is 5.92 Å². The molecule has 0 aliphatic carbocycles. The normalized spacial score (nSPS) is 12.4. The SMILES string of the molecule is COCC(c1ccc(Cl)cc1)c1c(Cl)cc(C)cc1Cl. The fourth-order valence-corrected chi connectivity index (χ4v) is 3.24. The molecular weight excluding hydrogens is 315 g/mol. The maximum Gasteiger partial charge on any atom is 0.0572 e. The third kappa shape index (κ3) is 3.48. The molecule has 2 aromatic carbocycles. The molecule has 4 heteroatoms. The lowest BCUT2D eigenvalue weighted by Gasteiger charge is -2.20. The van der Waals surface area contributed by atoms with Crippen LogP contribution in [0.2, 0.25) is 15.1 Å². The lowest BCUT2D eigenvalue weighted by Crippen LogP contribution is -2.09. The van der Waals surface area contributed by atoms with Crippen molar-refractivity contribution >= 4 is 34.8 Å². The molecule has 2 aromatic rings. The molecule has 0 heterocycles. The molecule has 0 aliphatic heterocycles. The molecule has 0 radical (unpaired) electrons. The van der Waals surface area contributed by atoms with E-state index in [0.717, 1.165) is 16.7 Å². The fraction of sp³-hybridized carbons (Fsp3) is 0.250. The van der Waals surface area contributed by atoms with Crippen molar-refractivity contribution in [3.8, 4) is 0 Å². The van der Waals surface area contributed by atoms with Crippen LogP contribution in [0.15, 0.2) is 36.4 Å². The van der Waals surface area contributed by atoms with Crippen LogP contribution >= 0.6 is 34.8 Å². The van der Waals surface area contributed by atoms with E-state index in [1.807, 2.05) is 43.3 Å². The summed E-state index contributed by atoms with van der Waals surface area (Å²) in [5.41, 5.74) is 3.00. The number of halogens is 3. The van der Waals surface area contributed by atoms with Gasteiger partial charge < -0.3 is 4.74 Å². The Balaban J connectivity index is 2.51. The van der Waals surface area contributed by atoms with Crippen molar-refractivity contribution in [2.45, 2.75) is 12.8 Å². The predicted octanol–water partition coefficient (Wildman–Crippen LogP) is 5.73. The van der Waals surface area contributed by atoms with E-state index < -0.39 is 0 Å². The van der Waals surface area contributed by atoms with Crippen molar-refractivity contribution in [3.05, 3.63) is 68.2 Å².